The molecule has 122 valence electrons. The van der Waals surface area contributed by atoms with Crippen molar-refractivity contribution in [1.82, 2.24) is 19.5 Å². The number of hydrogen-bond donors (Lipinski definition) is 4. The third-order valence-corrected chi connectivity index (χ3v) is 4.15. The molecular weight excluding hydrogens is 326 g/mol. The Labute approximate surface area is 135 Å². The van der Waals surface area contributed by atoms with Gasteiger partial charge in [-0.05, 0) is 6.92 Å². The predicted molar refractivity (Wildman–Crippen MR) is 81.6 cm³/mol. The van der Waals surface area contributed by atoms with Crippen molar-refractivity contribution in [2.45, 2.75) is 30.2 Å². The Balaban J connectivity index is 2.20. The summed E-state index contributed by atoms with van der Waals surface area (Å²) in [6, 6.07) is 0. The number of nitrogen functional groups attached to an aromatic ring is 1. The summed E-state index contributed by atoms with van der Waals surface area (Å²) in [5.74, 6) is 5.25. The number of H-pyrrole nitrogens is 1. The van der Waals surface area contributed by atoms with E-state index in [1.807, 2.05) is 0 Å². The zero-order valence-corrected chi connectivity index (χ0v) is 12.8. The summed E-state index contributed by atoms with van der Waals surface area (Å²) >= 11 is 6.48. The smallest absolute Gasteiger partial charge is 0.280 e. The number of anilines is 1. The van der Waals surface area contributed by atoms with Gasteiger partial charge in [-0.25, -0.2) is 4.98 Å². The average molecular weight is 340 g/mol. The summed E-state index contributed by atoms with van der Waals surface area (Å²) in [4.78, 5) is 20.7. The van der Waals surface area contributed by atoms with Crippen molar-refractivity contribution in [2.24, 2.45) is 0 Å². The van der Waals surface area contributed by atoms with Crippen molar-refractivity contribution in [3.05, 3.63) is 16.7 Å². The minimum atomic E-state index is -1.53. The zero-order chi connectivity index (χ0) is 16.8. The first-order valence-electron chi connectivity index (χ1n) is 6.72. The summed E-state index contributed by atoms with van der Waals surface area (Å²) in [5, 5.41) is 19.7. The standard InChI is InChI=1S/C13H14ClN5O4/c1-2-3-13(14)8(21)6(4-20)23-11(13)19-5-16-7-9(19)17-12(15)18-10(7)22/h5-6,8,11,20-21H,4H2,1H3,(H3,15,17,18,22)/t6-,8?,11-,13-/m1/s1. The van der Waals surface area contributed by atoms with Crippen LogP contribution in [0.2, 0.25) is 0 Å². The van der Waals surface area contributed by atoms with Crippen molar-refractivity contribution in [1.29, 1.82) is 0 Å². The van der Waals surface area contributed by atoms with Crippen molar-refractivity contribution < 1.29 is 14.9 Å². The van der Waals surface area contributed by atoms with Crippen LogP contribution >= 0.6 is 11.6 Å². The number of aliphatic hydroxyl groups excluding tert-OH is 2. The summed E-state index contributed by atoms with van der Waals surface area (Å²) < 4.78 is 6.99. The highest BCUT2D eigenvalue weighted by Gasteiger charge is 2.55. The van der Waals surface area contributed by atoms with Crippen molar-refractivity contribution in [3.63, 3.8) is 0 Å². The molecule has 0 aliphatic carbocycles. The molecule has 23 heavy (non-hydrogen) atoms. The highest BCUT2D eigenvalue weighted by atomic mass is 35.5. The number of fused-ring (bicyclic) bond motifs is 1. The second-order valence-electron chi connectivity index (χ2n) is 5.07. The molecule has 1 aliphatic rings. The molecule has 1 aliphatic heterocycles. The molecule has 10 heteroatoms. The van der Waals surface area contributed by atoms with Crippen molar-refractivity contribution in [2.75, 3.05) is 12.3 Å². The molecule has 0 amide bonds. The summed E-state index contributed by atoms with van der Waals surface area (Å²) in [6.45, 7) is 1.12. The van der Waals surface area contributed by atoms with Gasteiger partial charge in [0.05, 0.1) is 12.9 Å². The Kier molecular flexibility index (Phi) is 3.77. The highest BCUT2D eigenvalue weighted by molar-refractivity contribution is 6.27. The summed E-state index contributed by atoms with van der Waals surface area (Å²) in [6.07, 6.45) is -1.89. The topological polar surface area (TPSA) is 139 Å². The van der Waals surface area contributed by atoms with E-state index >= 15 is 0 Å². The Hall–Kier alpha value is -2.12. The van der Waals surface area contributed by atoms with E-state index in [9.17, 15) is 15.0 Å². The second kappa shape index (κ2) is 5.50. The van der Waals surface area contributed by atoms with E-state index in [0.717, 1.165) is 0 Å². The van der Waals surface area contributed by atoms with E-state index in [4.69, 9.17) is 22.1 Å². The predicted octanol–water partition coefficient (Wildman–Crippen LogP) is -1.05. The van der Waals surface area contributed by atoms with Gasteiger partial charge >= 0.3 is 0 Å². The maximum atomic E-state index is 11.9. The van der Waals surface area contributed by atoms with Crippen LogP contribution in [-0.4, -0.2) is 53.4 Å². The van der Waals surface area contributed by atoms with Crippen LogP contribution in [-0.2, 0) is 4.74 Å². The van der Waals surface area contributed by atoms with Gasteiger partial charge in [-0.15, -0.1) is 5.92 Å². The van der Waals surface area contributed by atoms with E-state index in [0.29, 0.717) is 0 Å². The summed E-state index contributed by atoms with van der Waals surface area (Å²) in [5.41, 5.74) is 5.24. The number of ether oxygens (including phenoxy) is 1. The molecule has 9 nitrogen and oxygen atoms in total. The largest absolute Gasteiger partial charge is 0.394 e. The van der Waals surface area contributed by atoms with Gasteiger partial charge in [0.1, 0.15) is 12.2 Å². The lowest BCUT2D eigenvalue weighted by Crippen LogP contribution is -2.41. The number of nitrogens with two attached hydrogens (primary N) is 1. The molecule has 4 atom stereocenters. The van der Waals surface area contributed by atoms with E-state index in [1.165, 1.54) is 10.9 Å². The molecule has 2 aromatic rings. The molecule has 2 aromatic heterocycles. The number of imidazole rings is 1. The number of rotatable bonds is 2. The average Bonchev–Trinajstić information content (AvgIpc) is 3.01. The molecular formula is C13H14ClN5O4. The summed E-state index contributed by atoms with van der Waals surface area (Å²) in [7, 11) is 0. The van der Waals surface area contributed by atoms with Crippen LogP contribution < -0.4 is 11.3 Å². The number of nitrogens with one attached hydrogen (secondary N) is 1. The first-order valence-corrected chi connectivity index (χ1v) is 7.09. The van der Waals surface area contributed by atoms with E-state index in [2.05, 4.69) is 26.8 Å². The lowest BCUT2D eigenvalue weighted by molar-refractivity contribution is -0.0436. The Morgan fingerprint density at radius 2 is 2.39 bits per heavy atom. The second-order valence-corrected chi connectivity index (χ2v) is 5.70. The SMILES string of the molecule is CC#C[C@@]1(Cl)C(O)[C@@H](CO)O[C@H]1n1cnc2c(=O)[nH]c(N)nc21. The van der Waals surface area contributed by atoms with Gasteiger partial charge in [-0.1, -0.05) is 17.5 Å². The van der Waals surface area contributed by atoms with Crippen LogP contribution in [0.4, 0.5) is 5.95 Å². The minimum Gasteiger partial charge on any atom is -0.394 e. The molecule has 0 bridgehead atoms. The number of nitrogens with zero attached hydrogens (tertiary/aromatic N) is 3. The first kappa shape index (κ1) is 15.8. The van der Waals surface area contributed by atoms with Gasteiger partial charge in [-0.2, -0.15) is 4.98 Å². The molecule has 0 spiro atoms. The van der Waals surface area contributed by atoms with Crippen molar-refractivity contribution in [3.8, 4) is 11.8 Å². The molecule has 1 saturated heterocycles. The van der Waals surface area contributed by atoms with Gasteiger partial charge in [0.15, 0.2) is 22.3 Å². The lowest BCUT2D eigenvalue weighted by atomic mass is 9.99. The van der Waals surface area contributed by atoms with Crippen LogP contribution in [0.25, 0.3) is 11.2 Å². The third kappa shape index (κ3) is 2.27. The molecule has 1 unspecified atom stereocenters. The van der Waals surface area contributed by atoms with E-state index < -0.39 is 35.5 Å². The lowest BCUT2D eigenvalue weighted by Gasteiger charge is -2.25. The molecule has 0 aromatic carbocycles. The Morgan fingerprint density at radius 1 is 1.65 bits per heavy atom. The van der Waals surface area contributed by atoms with Gasteiger partial charge in [0.25, 0.3) is 5.56 Å². The number of aromatic amines is 1. The Morgan fingerprint density at radius 3 is 3.04 bits per heavy atom. The normalized spacial score (nSPS) is 30.3. The van der Waals surface area contributed by atoms with Crippen molar-refractivity contribution >= 4 is 28.7 Å². The maximum absolute atomic E-state index is 11.9. The quantitative estimate of drug-likeness (QED) is 0.404. The number of aromatic nitrogens is 4. The highest BCUT2D eigenvalue weighted by Crippen LogP contribution is 2.43. The fourth-order valence-corrected chi connectivity index (χ4v) is 3.00. The Bertz CT molecular complexity index is 869. The van der Waals surface area contributed by atoms with Crippen LogP contribution in [0.3, 0.4) is 0 Å². The maximum Gasteiger partial charge on any atom is 0.280 e. The third-order valence-electron chi connectivity index (χ3n) is 3.65. The monoisotopic (exact) mass is 339 g/mol. The molecule has 0 radical (unpaired) electrons. The zero-order valence-electron chi connectivity index (χ0n) is 12.0. The van der Waals surface area contributed by atoms with Crippen LogP contribution in [0, 0.1) is 11.8 Å². The van der Waals surface area contributed by atoms with Gasteiger partial charge in [0, 0.05) is 0 Å². The number of hydrogen-bond acceptors (Lipinski definition) is 7. The number of halogens is 1. The molecule has 1 fully saturated rings. The molecule has 0 saturated carbocycles. The van der Waals surface area contributed by atoms with E-state index in [-0.39, 0.29) is 17.1 Å². The van der Waals surface area contributed by atoms with Gasteiger partial charge in [-0.3, -0.25) is 14.3 Å². The fraction of sp³-hybridized carbons (Fsp3) is 0.462. The molecule has 3 heterocycles. The number of aliphatic hydroxyl groups is 2. The van der Waals surface area contributed by atoms with E-state index in [1.54, 1.807) is 6.92 Å². The first-order chi connectivity index (χ1) is 10.9. The molecule has 3 rings (SSSR count). The molecule has 5 N–H and O–H groups in total. The van der Waals surface area contributed by atoms with Crippen LogP contribution in [0.15, 0.2) is 11.1 Å². The minimum absolute atomic E-state index is 0.0493. The van der Waals surface area contributed by atoms with Crippen LogP contribution in [0.1, 0.15) is 13.2 Å². The number of alkyl halides is 1. The van der Waals surface area contributed by atoms with Gasteiger partial charge < -0.3 is 20.7 Å². The van der Waals surface area contributed by atoms with Gasteiger partial charge in [0.2, 0.25) is 5.95 Å². The van der Waals surface area contributed by atoms with Crippen LogP contribution in [0.5, 0.6) is 0 Å². The fourth-order valence-electron chi connectivity index (χ4n) is 2.61.